The van der Waals surface area contributed by atoms with Gasteiger partial charge in [-0.05, 0) is 31.5 Å². The summed E-state index contributed by atoms with van der Waals surface area (Å²) in [6.45, 7) is 0.543. The van der Waals surface area contributed by atoms with E-state index >= 15 is 0 Å². The van der Waals surface area contributed by atoms with Gasteiger partial charge in [0.2, 0.25) is 0 Å². The first kappa shape index (κ1) is 14.9. The number of hydrogen-bond donors (Lipinski definition) is 1. The highest BCUT2D eigenvalue weighted by atomic mass is 32.1. The Labute approximate surface area is 117 Å². The second-order valence-electron chi connectivity index (χ2n) is 4.23. The largest absolute Gasteiger partial charge is 0.419 e. The summed E-state index contributed by atoms with van der Waals surface area (Å²) in [5.41, 5.74) is 5.29. The van der Waals surface area contributed by atoms with Crippen molar-refractivity contribution in [1.29, 1.82) is 0 Å². The molecule has 0 bridgehead atoms. The van der Waals surface area contributed by atoms with Crippen molar-refractivity contribution >= 4 is 11.3 Å². The number of hydrogen-bond acceptors (Lipinski definition) is 3. The number of halogens is 4. The summed E-state index contributed by atoms with van der Waals surface area (Å²) in [7, 11) is 0. The van der Waals surface area contributed by atoms with Gasteiger partial charge < -0.3 is 5.73 Å². The molecule has 0 aliphatic heterocycles. The Bertz CT molecular complexity index is 592. The summed E-state index contributed by atoms with van der Waals surface area (Å²) in [6.07, 6.45) is -3.20. The number of benzene rings is 1. The summed E-state index contributed by atoms with van der Waals surface area (Å²) in [6, 6.07) is 2.84. The van der Waals surface area contributed by atoms with Crippen molar-refractivity contribution in [2.75, 3.05) is 6.54 Å². The van der Waals surface area contributed by atoms with Crippen LogP contribution in [0.3, 0.4) is 0 Å². The lowest BCUT2D eigenvalue weighted by atomic mass is 10.1. The molecule has 1 heterocycles. The minimum absolute atomic E-state index is 0.347. The predicted molar refractivity (Wildman–Crippen MR) is 69.9 cm³/mol. The molecule has 0 spiro atoms. The molecule has 2 N–H and O–H groups in total. The Morgan fingerprint density at radius 2 is 2.00 bits per heavy atom. The average Bonchev–Trinajstić information content (AvgIpc) is 2.83. The number of thiazole rings is 1. The molecule has 0 aliphatic carbocycles. The molecule has 20 heavy (non-hydrogen) atoms. The van der Waals surface area contributed by atoms with Gasteiger partial charge in [0.15, 0.2) is 0 Å². The van der Waals surface area contributed by atoms with Crippen LogP contribution in [0.4, 0.5) is 17.6 Å². The molecule has 108 valence electrons. The van der Waals surface area contributed by atoms with E-state index in [9.17, 15) is 17.6 Å². The lowest BCUT2D eigenvalue weighted by Crippen LogP contribution is -2.07. The molecule has 0 fully saturated rings. The maximum atomic E-state index is 13.5. The van der Waals surface area contributed by atoms with Crippen LogP contribution >= 0.6 is 11.3 Å². The molecule has 0 radical (unpaired) electrons. The van der Waals surface area contributed by atoms with Crippen LogP contribution in [-0.2, 0) is 12.6 Å². The zero-order chi connectivity index (χ0) is 14.8. The minimum atomic E-state index is -4.68. The van der Waals surface area contributed by atoms with Crippen LogP contribution in [-0.4, -0.2) is 11.5 Å². The maximum Gasteiger partial charge on any atom is 0.419 e. The van der Waals surface area contributed by atoms with Gasteiger partial charge in [-0.3, -0.25) is 0 Å². The molecule has 1 aromatic carbocycles. The fourth-order valence-corrected chi connectivity index (χ4v) is 2.57. The number of rotatable bonds is 4. The Morgan fingerprint density at radius 3 is 2.60 bits per heavy atom. The predicted octanol–water partition coefficient (Wildman–Crippen LogP) is 3.86. The highest BCUT2D eigenvalue weighted by molar-refractivity contribution is 7.13. The second kappa shape index (κ2) is 5.88. The van der Waals surface area contributed by atoms with Crippen molar-refractivity contribution in [3.8, 4) is 10.6 Å². The van der Waals surface area contributed by atoms with E-state index in [1.807, 2.05) is 0 Å². The van der Waals surface area contributed by atoms with Crippen molar-refractivity contribution < 1.29 is 17.6 Å². The lowest BCUT2D eigenvalue weighted by Gasteiger charge is -2.08. The average molecular weight is 304 g/mol. The van der Waals surface area contributed by atoms with E-state index < -0.39 is 17.6 Å². The van der Waals surface area contributed by atoms with Gasteiger partial charge in [-0.2, -0.15) is 13.2 Å². The van der Waals surface area contributed by atoms with Crippen LogP contribution in [0.2, 0.25) is 0 Å². The number of nitrogens with zero attached hydrogens (tertiary/aromatic N) is 1. The van der Waals surface area contributed by atoms with Crippen LogP contribution < -0.4 is 5.73 Å². The Hall–Kier alpha value is -1.47. The zero-order valence-corrected chi connectivity index (χ0v) is 11.2. The molecule has 0 aliphatic rings. The number of alkyl halides is 3. The van der Waals surface area contributed by atoms with Crippen LogP contribution in [0.25, 0.3) is 10.6 Å². The molecule has 0 amide bonds. The van der Waals surface area contributed by atoms with E-state index in [4.69, 9.17) is 5.73 Å². The zero-order valence-electron chi connectivity index (χ0n) is 10.4. The normalized spacial score (nSPS) is 11.8. The monoisotopic (exact) mass is 304 g/mol. The van der Waals surface area contributed by atoms with Gasteiger partial charge in [0, 0.05) is 10.9 Å². The van der Waals surface area contributed by atoms with Gasteiger partial charge in [-0.15, -0.1) is 11.3 Å². The number of nitrogens with two attached hydrogens (primary N) is 1. The van der Waals surface area contributed by atoms with Gasteiger partial charge >= 0.3 is 6.18 Å². The molecule has 1 aromatic heterocycles. The van der Waals surface area contributed by atoms with Gasteiger partial charge in [0.1, 0.15) is 10.8 Å². The van der Waals surface area contributed by atoms with Crippen molar-refractivity contribution in [3.63, 3.8) is 0 Å². The van der Waals surface area contributed by atoms with E-state index in [-0.39, 0.29) is 0 Å². The van der Waals surface area contributed by atoms with Crippen molar-refractivity contribution in [1.82, 2.24) is 4.98 Å². The fourth-order valence-electron chi connectivity index (χ4n) is 1.72. The summed E-state index contributed by atoms with van der Waals surface area (Å²) < 4.78 is 50.9. The summed E-state index contributed by atoms with van der Waals surface area (Å²) in [5.74, 6) is -1.28. The molecular weight excluding hydrogens is 292 g/mol. The van der Waals surface area contributed by atoms with Crippen LogP contribution in [0.5, 0.6) is 0 Å². The van der Waals surface area contributed by atoms with E-state index in [1.54, 1.807) is 5.38 Å². The van der Waals surface area contributed by atoms with Gasteiger partial charge in [-0.25, -0.2) is 9.37 Å². The maximum absolute atomic E-state index is 13.5. The first-order valence-corrected chi connectivity index (χ1v) is 6.81. The van der Waals surface area contributed by atoms with E-state index in [0.717, 1.165) is 24.2 Å². The summed E-state index contributed by atoms with van der Waals surface area (Å²) in [5, 5.41) is 2.31. The Balaban J connectivity index is 2.25. The second-order valence-corrected chi connectivity index (χ2v) is 5.09. The highest BCUT2D eigenvalue weighted by Gasteiger charge is 2.34. The third-order valence-corrected chi connectivity index (χ3v) is 3.65. The van der Waals surface area contributed by atoms with Gasteiger partial charge in [0.05, 0.1) is 11.3 Å². The van der Waals surface area contributed by atoms with Crippen LogP contribution in [0.15, 0.2) is 23.6 Å². The quantitative estimate of drug-likeness (QED) is 0.871. The molecule has 0 unspecified atom stereocenters. The van der Waals surface area contributed by atoms with E-state index in [0.29, 0.717) is 23.5 Å². The Kier molecular flexibility index (Phi) is 4.39. The smallest absolute Gasteiger partial charge is 0.330 e. The first-order valence-electron chi connectivity index (χ1n) is 5.93. The topological polar surface area (TPSA) is 38.9 Å². The highest BCUT2D eigenvalue weighted by Crippen LogP contribution is 2.34. The van der Waals surface area contributed by atoms with Crippen LogP contribution in [0.1, 0.15) is 17.7 Å². The van der Waals surface area contributed by atoms with Crippen molar-refractivity contribution in [2.45, 2.75) is 19.0 Å². The molecule has 2 rings (SSSR count). The minimum Gasteiger partial charge on any atom is -0.330 e. The summed E-state index contributed by atoms with van der Waals surface area (Å²) in [4.78, 5) is 4.27. The molecule has 2 aromatic rings. The van der Waals surface area contributed by atoms with Gasteiger partial charge in [-0.1, -0.05) is 6.07 Å². The fraction of sp³-hybridized carbons (Fsp3) is 0.308. The third-order valence-electron chi connectivity index (χ3n) is 2.71. The molecule has 0 saturated heterocycles. The lowest BCUT2D eigenvalue weighted by molar-refractivity contribution is -0.139. The number of aryl methyl sites for hydroxylation is 1. The standard InChI is InChI=1S/C13H12F4N2S/c14-11-6-8(3-4-10(11)13(15,16)17)12-19-9(7-20-12)2-1-5-18/h3-4,6-7H,1-2,5,18H2. The van der Waals surface area contributed by atoms with Gasteiger partial charge in [0.25, 0.3) is 0 Å². The van der Waals surface area contributed by atoms with E-state index in [2.05, 4.69) is 4.98 Å². The molecular formula is C13H12F4N2S. The molecule has 2 nitrogen and oxygen atoms in total. The number of aromatic nitrogens is 1. The van der Waals surface area contributed by atoms with Crippen LogP contribution in [0, 0.1) is 5.82 Å². The summed E-state index contributed by atoms with van der Waals surface area (Å²) >= 11 is 1.28. The SMILES string of the molecule is NCCCc1csc(-c2ccc(C(F)(F)F)c(F)c2)n1. The first-order chi connectivity index (χ1) is 9.41. The molecule has 0 atom stereocenters. The Morgan fingerprint density at radius 1 is 1.25 bits per heavy atom. The molecule has 0 saturated carbocycles. The van der Waals surface area contributed by atoms with Crippen molar-refractivity contribution in [2.24, 2.45) is 5.73 Å². The van der Waals surface area contributed by atoms with E-state index in [1.165, 1.54) is 17.4 Å². The third kappa shape index (κ3) is 3.34. The molecule has 7 heteroatoms. The van der Waals surface area contributed by atoms with Crippen molar-refractivity contribution in [3.05, 3.63) is 40.7 Å².